The summed E-state index contributed by atoms with van der Waals surface area (Å²) in [4.78, 5) is 16.5. The van der Waals surface area contributed by atoms with Crippen molar-refractivity contribution in [2.45, 2.75) is 38.8 Å². The molecule has 1 amide bonds. The number of rotatable bonds is 2. The molecule has 3 nitrogen and oxygen atoms in total. The fourth-order valence-corrected chi connectivity index (χ4v) is 3.80. The number of halogens is 3. The van der Waals surface area contributed by atoms with Crippen molar-refractivity contribution >= 4 is 11.6 Å². The molecule has 1 saturated heterocycles. The van der Waals surface area contributed by atoms with Crippen molar-refractivity contribution in [1.82, 2.24) is 4.90 Å². The zero-order valence-electron chi connectivity index (χ0n) is 13.9. The molecule has 2 aliphatic rings. The van der Waals surface area contributed by atoms with E-state index in [1.54, 1.807) is 6.07 Å². The molecule has 0 bridgehead atoms. The highest BCUT2D eigenvalue weighted by Crippen LogP contribution is 2.39. The normalized spacial score (nSPS) is 21.2. The Morgan fingerprint density at radius 2 is 1.71 bits per heavy atom. The van der Waals surface area contributed by atoms with E-state index in [0.29, 0.717) is 31.9 Å². The van der Waals surface area contributed by atoms with E-state index in [1.165, 1.54) is 12.1 Å². The minimum atomic E-state index is -4.33. The highest BCUT2D eigenvalue weighted by Gasteiger charge is 2.40. The number of carbonyl (C=O) groups excluding carboxylic acids is 1. The lowest BCUT2D eigenvalue weighted by atomic mass is 9.87. The summed E-state index contributed by atoms with van der Waals surface area (Å²) < 4.78 is 38.5. The third kappa shape index (κ3) is 3.37. The monoisotopic (exact) mass is 340 g/mol. The van der Waals surface area contributed by atoms with Crippen molar-refractivity contribution in [3.05, 3.63) is 29.8 Å². The Morgan fingerprint density at radius 3 is 2.29 bits per heavy atom. The molecule has 0 aromatic heterocycles. The molecule has 1 aliphatic heterocycles. The lowest BCUT2D eigenvalue weighted by molar-refractivity contribution is -0.141. The predicted octanol–water partition coefficient (Wildman–Crippen LogP) is 3.93. The van der Waals surface area contributed by atoms with Crippen LogP contribution in [0.4, 0.5) is 18.9 Å². The first-order chi connectivity index (χ1) is 11.3. The molecular weight excluding hydrogens is 317 g/mol. The number of piperazine rings is 1. The maximum atomic E-state index is 12.8. The molecule has 0 radical (unpaired) electrons. The predicted molar refractivity (Wildman–Crippen MR) is 86.8 cm³/mol. The highest BCUT2D eigenvalue weighted by atomic mass is 19.4. The summed E-state index contributed by atoms with van der Waals surface area (Å²) in [5, 5.41) is 0. The van der Waals surface area contributed by atoms with Crippen LogP contribution in [-0.2, 0) is 11.0 Å². The third-order valence-corrected chi connectivity index (χ3v) is 5.33. The van der Waals surface area contributed by atoms with Crippen molar-refractivity contribution in [1.29, 1.82) is 0 Å². The molecule has 0 unspecified atom stereocenters. The molecule has 24 heavy (non-hydrogen) atoms. The molecule has 1 heterocycles. The van der Waals surface area contributed by atoms with Gasteiger partial charge >= 0.3 is 6.18 Å². The van der Waals surface area contributed by atoms with Gasteiger partial charge in [0.25, 0.3) is 0 Å². The first-order valence-corrected chi connectivity index (χ1v) is 8.51. The van der Waals surface area contributed by atoms with Crippen molar-refractivity contribution in [3.63, 3.8) is 0 Å². The summed E-state index contributed by atoms with van der Waals surface area (Å²) in [6.07, 6.45) is -0.233. The van der Waals surface area contributed by atoms with Gasteiger partial charge in [-0.2, -0.15) is 13.2 Å². The standard InChI is InChI=1S/C18H23F3N2O/c1-17(7-2-3-8-17)16(24)23-11-9-22(10-12-23)15-6-4-5-14(13-15)18(19,20)21/h4-6,13H,2-3,7-12H2,1H3. The van der Waals surface area contributed by atoms with Crippen molar-refractivity contribution in [2.24, 2.45) is 5.41 Å². The van der Waals surface area contributed by atoms with Crippen molar-refractivity contribution < 1.29 is 18.0 Å². The van der Waals surface area contributed by atoms with Crippen LogP contribution < -0.4 is 4.90 Å². The van der Waals surface area contributed by atoms with Crippen LogP contribution in [0.1, 0.15) is 38.2 Å². The molecule has 6 heteroatoms. The van der Waals surface area contributed by atoms with Crippen LogP contribution in [0.5, 0.6) is 0 Å². The third-order valence-electron chi connectivity index (χ3n) is 5.33. The molecule has 0 spiro atoms. The van der Waals surface area contributed by atoms with Gasteiger partial charge in [0.1, 0.15) is 0 Å². The minimum absolute atomic E-state index is 0.212. The van der Waals surface area contributed by atoms with E-state index in [2.05, 4.69) is 0 Å². The van der Waals surface area contributed by atoms with Crippen LogP contribution in [0.15, 0.2) is 24.3 Å². The Hall–Kier alpha value is -1.72. The summed E-state index contributed by atoms with van der Waals surface area (Å²) in [5.74, 6) is 0.212. The van der Waals surface area contributed by atoms with Crippen molar-refractivity contribution in [2.75, 3.05) is 31.1 Å². The Kier molecular flexibility index (Phi) is 4.49. The number of anilines is 1. The Labute approximate surface area is 140 Å². The van der Waals surface area contributed by atoms with Crippen LogP contribution in [-0.4, -0.2) is 37.0 Å². The Morgan fingerprint density at radius 1 is 1.08 bits per heavy atom. The summed E-state index contributed by atoms with van der Waals surface area (Å²) >= 11 is 0. The summed E-state index contributed by atoms with van der Waals surface area (Å²) in [6, 6.07) is 5.42. The second-order valence-corrected chi connectivity index (χ2v) is 7.10. The van der Waals surface area contributed by atoms with Gasteiger partial charge in [-0.25, -0.2) is 0 Å². The fraction of sp³-hybridized carbons (Fsp3) is 0.611. The van der Waals surface area contributed by atoms with Gasteiger partial charge in [-0.3, -0.25) is 4.79 Å². The minimum Gasteiger partial charge on any atom is -0.368 e. The topological polar surface area (TPSA) is 23.6 Å². The maximum absolute atomic E-state index is 12.8. The van der Waals surface area contributed by atoms with E-state index in [9.17, 15) is 18.0 Å². The average Bonchev–Trinajstić information content (AvgIpc) is 3.02. The fourth-order valence-electron chi connectivity index (χ4n) is 3.80. The summed E-state index contributed by atoms with van der Waals surface area (Å²) in [5.41, 5.74) is -0.292. The van der Waals surface area contributed by atoms with Crippen LogP contribution in [0.2, 0.25) is 0 Å². The smallest absolute Gasteiger partial charge is 0.368 e. The number of nitrogens with zero attached hydrogens (tertiary/aromatic N) is 2. The van der Waals surface area contributed by atoms with Gasteiger partial charge in [-0.15, -0.1) is 0 Å². The first-order valence-electron chi connectivity index (χ1n) is 8.51. The molecule has 1 aromatic carbocycles. The van der Waals surface area contributed by atoms with Gasteiger partial charge in [0.2, 0.25) is 5.91 Å². The second kappa shape index (κ2) is 6.30. The maximum Gasteiger partial charge on any atom is 0.416 e. The Balaban J connectivity index is 1.64. The highest BCUT2D eigenvalue weighted by molar-refractivity contribution is 5.83. The second-order valence-electron chi connectivity index (χ2n) is 7.10. The molecule has 0 atom stereocenters. The van der Waals surface area contributed by atoms with Gasteiger partial charge < -0.3 is 9.80 Å². The van der Waals surface area contributed by atoms with E-state index < -0.39 is 11.7 Å². The number of carbonyl (C=O) groups is 1. The number of hydrogen-bond acceptors (Lipinski definition) is 2. The first kappa shape index (κ1) is 17.1. The quantitative estimate of drug-likeness (QED) is 0.814. The van der Waals surface area contributed by atoms with Crippen LogP contribution >= 0.6 is 0 Å². The zero-order valence-corrected chi connectivity index (χ0v) is 13.9. The van der Waals surface area contributed by atoms with Gasteiger partial charge in [0.15, 0.2) is 0 Å². The zero-order chi connectivity index (χ0) is 17.4. The van der Waals surface area contributed by atoms with Crippen LogP contribution in [0.25, 0.3) is 0 Å². The molecule has 132 valence electrons. The largest absolute Gasteiger partial charge is 0.416 e. The molecule has 1 aromatic rings. The van der Waals surface area contributed by atoms with Gasteiger partial charge in [-0.05, 0) is 31.0 Å². The number of alkyl halides is 3. The molecule has 0 N–H and O–H groups in total. The van der Waals surface area contributed by atoms with Gasteiger partial charge in [0, 0.05) is 37.3 Å². The number of hydrogen-bond donors (Lipinski definition) is 0. The van der Waals surface area contributed by atoms with Crippen molar-refractivity contribution in [3.8, 4) is 0 Å². The van der Waals surface area contributed by atoms with Crippen LogP contribution in [0, 0.1) is 5.41 Å². The van der Waals surface area contributed by atoms with E-state index in [1.807, 2.05) is 16.7 Å². The van der Waals surface area contributed by atoms with E-state index >= 15 is 0 Å². The SMILES string of the molecule is CC1(C(=O)N2CCN(c3cccc(C(F)(F)F)c3)CC2)CCCC1. The molecule has 3 rings (SSSR count). The molecular formula is C18H23F3N2O. The number of amides is 1. The van der Waals surface area contributed by atoms with Gasteiger partial charge in [-0.1, -0.05) is 25.8 Å². The van der Waals surface area contributed by atoms with E-state index in [-0.39, 0.29) is 11.3 Å². The van der Waals surface area contributed by atoms with E-state index in [4.69, 9.17) is 0 Å². The van der Waals surface area contributed by atoms with Crippen LogP contribution in [0.3, 0.4) is 0 Å². The lowest BCUT2D eigenvalue weighted by Crippen LogP contribution is -2.52. The molecule has 1 saturated carbocycles. The number of benzene rings is 1. The molecule has 1 aliphatic carbocycles. The summed E-state index contributed by atoms with van der Waals surface area (Å²) in [6.45, 7) is 4.34. The lowest BCUT2D eigenvalue weighted by Gasteiger charge is -2.39. The Bertz CT molecular complexity index is 601. The van der Waals surface area contributed by atoms with Gasteiger partial charge in [0.05, 0.1) is 5.56 Å². The average molecular weight is 340 g/mol. The van der Waals surface area contributed by atoms with E-state index in [0.717, 1.165) is 31.7 Å². The summed E-state index contributed by atoms with van der Waals surface area (Å²) in [7, 11) is 0. The molecule has 2 fully saturated rings.